The van der Waals surface area contributed by atoms with E-state index in [1.165, 1.54) is 23.1 Å². The van der Waals surface area contributed by atoms with Gasteiger partial charge in [-0.25, -0.2) is 0 Å². The van der Waals surface area contributed by atoms with Crippen LogP contribution in [0.4, 0.5) is 16.5 Å². The van der Waals surface area contributed by atoms with Crippen molar-refractivity contribution >= 4 is 45.5 Å². The smallest absolute Gasteiger partial charge is 0.240 e. The van der Waals surface area contributed by atoms with Crippen LogP contribution in [0.2, 0.25) is 0 Å². The van der Waals surface area contributed by atoms with E-state index in [2.05, 4.69) is 15.5 Å². The van der Waals surface area contributed by atoms with Crippen molar-refractivity contribution in [3.63, 3.8) is 0 Å². The molecule has 8 heteroatoms. The van der Waals surface area contributed by atoms with Crippen LogP contribution in [0.3, 0.4) is 0 Å². The second-order valence-corrected chi connectivity index (χ2v) is 8.49. The van der Waals surface area contributed by atoms with Crippen molar-refractivity contribution in [1.82, 2.24) is 10.2 Å². The maximum absolute atomic E-state index is 12.7. The number of thioether (sulfide) groups is 1. The first-order valence-electron chi connectivity index (χ1n) is 8.90. The molecule has 1 amide bonds. The summed E-state index contributed by atoms with van der Waals surface area (Å²) in [4.78, 5) is 14.4. The number of aromatic nitrogens is 2. The largest absolute Gasteiger partial charge is 0.492 e. The fourth-order valence-electron chi connectivity index (χ4n) is 2.53. The summed E-state index contributed by atoms with van der Waals surface area (Å²) in [7, 11) is 1.78. The lowest BCUT2D eigenvalue weighted by Gasteiger charge is -2.20. The van der Waals surface area contributed by atoms with Crippen molar-refractivity contribution in [1.29, 1.82) is 0 Å². The van der Waals surface area contributed by atoms with Crippen molar-refractivity contribution in [3.05, 3.63) is 54.6 Å². The van der Waals surface area contributed by atoms with Gasteiger partial charge in [-0.1, -0.05) is 53.4 Å². The monoisotopic (exact) mass is 414 g/mol. The number of ether oxygens (including phenoxy) is 1. The van der Waals surface area contributed by atoms with E-state index in [9.17, 15) is 4.79 Å². The van der Waals surface area contributed by atoms with Crippen molar-refractivity contribution in [2.24, 2.45) is 0 Å². The van der Waals surface area contributed by atoms with Gasteiger partial charge in [0, 0.05) is 12.7 Å². The predicted octanol–water partition coefficient (Wildman–Crippen LogP) is 4.82. The molecule has 1 aromatic heterocycles. The lowest BCUT2D eigenvalue weighted by atomic mass is 10.3. The minimum Gasteiger partial charge on any atom is -0.492 e. The molecule has 3 rings (SSSR count). The van der Waals surface area contributed by atoms with Crippen LogP contribution < -0.4 is 15.0 Å². The number of amides is 1. The maximum Gasteiger partial charge on any atom is 0.240 e. The molecule has 0 unspecified atom stereocenters. The first-order valence-corrected chi connectivity index (χ1v) is 10.6. The highest BCUT2D eigenvalue weighted by molar-refractivity contribution is 8.02. The summed E-state index contributed by atoms with van der Waals surface area (Å²) in [5, 5.41) is 12.0. The average molecular weight is 415 g/mol. The molecule has 0 saturated heterocycles. The van der Waals surface area contributed by atoms with E-state index in [1.54, 1.807) is 11.9 Å². The zero-order chi connectivity index (χ0) is 19.9. The van der Waals surface area contributed by atoms with Crippen molar-refractivity contribution < 1.29 is 9.53 Å². The molecule has 3 aromatic rings. The van der Waals surface area contributed by atoms with E-state index in [0.717, 1.165) is 21.5 Å². The minimum absolute atomic E-state index is 0.0163. The molecule has 1 heterocycles. The summed E-state index contributed by atoms with van der Waals surface area (Å²) >= 11 is 2.81. The molecule has 0 saturated carbocycles. The van der Waals surface area contributed by atoms with Gasteiger partial charge in [0.15, 0.2) is 4.34 Å². The van der Waals surface area contributed by atoms with Gasteiger partial charge in [-0.2, -0.15) is 0 Å². The normalized spacial score (nSPS) is 11.7. The number of benzene rings is 2. The Morgan fingerprint density at radius 1 is 1.18 bits per heavy atom. The lowest BCUT2D eigenvalue weighted by molar-refractivity contribution is -0.117. The summed E-state index contributed by atoms with van der Waals surface area (Å²) in [6.07, 6.45) is 0. The quantitative estimate of drug-likeness (QED) is 0.533. The predicted molar refractivity (Wildman–Crippen MR) is 116 cm³/mol. The van der Waals surface area contributed by atoms with E-state index in [4.69, 9.17) is 4.74 Å². The molecule has 0 spiro atoms. The second-order valence-electron chi connectivity index (χ2n) is 5.92. The maximum atomic E-state index is 12.7. The number of para-hydroxylation sites is 3. The fraction of sp³-hybridized carbons (Fsp3) is 0.250. The molecule has 146 valence electrons. The molecule has 0 aliphatic carbocycles. The van der Waals surface area contributed by atoms with Gasteiger partial charge in [0.05, 0.1) is 17.5 Å². The number of hydrogen-bond acceptors (Lipinski definition) is 7. The van der Waals surface area contributed by atoms with E-state index in [-0.39, 0.29) is 11.2 Å². The van der Waals surface area contributed by atoms with Gasteiger partial charge < -0.3 is 15.0 Å². The van der Waals surface area contributed by atoms with Gasteiger partial charge in [0.2, 0.25) is 11.0 Å². The molecule has 0 bridgehead atoms. The van der Waals surface area contributed by atoms with Gasteiger partial charge in [0.25, 0.3) is 0 Å². The van der Waals surface area contributed by atoms with Crippen LogP contribution >= 0.6 is 23.1 Å². The highest BCUT2D eigenvalue weighted by atomic mass is 32.2. The number of nitrogens with one attached hydrogen (secondary N) is 1. The Morgan fingerprint density at radius 2 is 1.89 bits per heavy atom. The van der Waals surface area contributed by atoms with Gasteiger partial charge in [-0.05, 0) is 38.1 Å². The highest BCUT2D eigenvalue weighted by Gasteiger charge is 2.21. The average Bonchev–Trinajstić information content (AvgIpc) is 3.16. The fourth-order valence-corrected chi connectivity index (χ4v) is 4.53. The Morgan fingerprint density at radius 3 is 2.64 bits per heavy atom. The SMILES string of the molecule is CCOc1ccccc1Nc1nnc(S[C@H](C)C(=O)N(C)c2ccccc2)s1. The summed E-state index contributed by atoms with van der Waals surface area (Å²) in [6.45, 7) is 4.41. The van der Waals surface area contributed by atoms with Gasteiger partial charge in [-0.15, -0.1) is 10.2 Å². The lowest BCUT2D eigenvalue weighted by Crippen LogP contribution is -2.33. The van der Waals surface area contributed by atoms with E-state index in [1.807, 2.05) is 68.4 Å². The Balaban J connectivity index is 1.63. The Labute approximate surface area is 172 Å². The third-order valence-corrected chi connectivity index (χ3v) is 5.94. The van der Waals surface area contributed by atoms with Crippen molar-refractivity contribution in [2.45, 2.75) is 23.4 Å². The number of anilines is 3. The number of rotatable bonds is 8. The van der Waals surface area contributed by atoms with Crippen LogP contribution in [0, 0.1) is 0 Å². The molecule has 0 radical (unpaired) electrons. The van der Waals surface area contributed by atoms with E-state index in [0.29, 0.717) is 11.7 Å². The van der Waals surface area contributed by atoms with Crippen LogP contribution in [0.15, 0.2) is 58.9 Å². The molecule has 6 nitrogen and oxygen atoms in total. The molecule has 0 aliphatic heterocycles. The summed E-state index contributed by atoms with van der Waals surface area (Å²) in [5.41, 5.74) is 1.71. The molecule has 28 heavy (non-hydrogen) atoms. The first-order chi connectivity index (χ1) is 13.6. The van der Waals surface area contributed by atoms with Crippen molar-refractivity contribution in [2.75, 3.05) is 23.9 Å². The molecule has 1 N–H and O–H groups in total. The molecule has 2 aromatic carbocycles. The molecular formula is C20H22N4O2S2. The third-order valence-electron chi connectivity index (χ3n) is 3.93. The molecule has 0 fully saturated rings. The van der Waals surface area contributed by atoms with E-state index >= 15 is 0 Å². The number of carbonyl (C=O) groups is 1. The van der Waals surface area contributed by atoms with Crippen molar-refractivity contribution in [3.8, 4) is 5.75 Å². The Hall–Kier alpha value is -2.58. The van der Waals surface area contributed by atoms with Crippen LogP contribution in [-0.4, -0.2) is 35.0 Å². The highest BCUT2D eigenvalue weighted by Crippen LogP contribution is 2.33. The molecule has 1 atom stereocenters. The first kappa shape index (κ1) is 20.2. The number of nitrogens with zero attached hydrogens (tertiary/aromatic N) is 3. The van der Waals surface area contributed by atoms with Gasteiger partial charge in [0.1, 0.15) is 5.75 Å². The Bertz CT molecular complexity index is 917. The standard InChI is InChI=1S/C20H22N4O2S2/c1-4-26-17-13-9-8-12-16(17)21-19-22-23-20(28-19)27-14(2)18(25)24(3)15-10-6-5-7-11-15/h5-14H,4H2,1-3H3,(H,21,22)/t14-/m1/s1. The van der Waals surface area contributed by atoms with Crippen LogP contribution in [0.25, 0.3) is 0 Å². The second kappa shape index (κ2) is 9.57. The van der Waals surface area contributed by atoms with Gasteiger partial charge >= 0.3 is 0 Å². The minimum atomic E-state index is -0.276. The zero-order valence-corrected chi connectivity index (χ0v) is 17.6. The molecule has 0 aliphatic rings. The Kier molecular flexibility index (Phi) is 6.89. The van der Waals surface area contributed by atoms with E-state index < -0.39 is 0 Å². The summed E-state index contributed by atoms with van der Waals surface area (Å²) < 4.78 is 6.35. The van der Waals surface area contributed by atoms with Crippen LogP contribution in [0.1, 0.15) is 13.8 Å². The van der Waals surface area contributed by atoms with Crippen LogP contribution in [0.5, 0.6) is 5.75 Å². The van der Waals surface area contributed by atoms with Gasteiger partial charge in [-0.3, -0.25) is 4.79 Å². The summed E-state index contributed by atoms with van der Waals surface area (Å²) in [5.74, 6) is 0.782. The summed E-state index contributed by atoms with van der Waals surface area (Å²) in [6, 6.07) is 17.3. The zero-order valence-electron chi connectivity index (χ0n) is 16.0. The number of hydrogen-bond donors (Lipinski definition) is 1. The number of carbonyl (C=O) groups excluding carboxylic acids is 1. The van der Waals surface area contributed by atoms with Crippen LogP contribution in [-0.2, 0) is 4.79 Å². The third kappa shape index (κ3) is 5.02. The topological polar surface area (TPSA) is 67.3 Å². The molecular weight excluding hydrogens is 392 g/mol.